The van der Waals surface area contributed by atoms with E-state index in [1.165, 1.54) is 21.3 Å². The van der Waals surface area contributed by atoms with Crippen molar-refractivity contribution in [2.24, 2.45) is 0 Å². The van der Waals surface area contributed by atoms with Crippen LogP contribution in [0.25, 0.3) is 0 Å². The van der Waals surface area contributed by atoms with Gasteiger partial charge in [-0.15, -0.1) is 0 Å². The second kappa shape index (κ2) is 8.10. The Morgan fingerprint density at radius 2 is 1.54 bits per heavy atom. The number of benzene rings is 2. The molecule has 0 aliphatic carbocycles. The van der Waals surface area contributed by atoms with Crippen LogP contribution in [0.5, 0.6) is 23.0 Å². The number of rotatable bonds is 7. The van der Waals surface area contributed by atoms with Gasteiger partial charge in [0.1, 0.15) is 12.4 Å². The SMILES string of the molecule is COc1cccc(COC(=O)c2cc(OC)c(OC)c(OC)c2)c1. The second-order valence-electron chi connectivity index (χ2n) is 4.84. The summed E-state index contributed by atoms with van der Waals surface area (Å²) in [5.41, 5.74) is 1.14. The van der Waals surface area contributed by atoms with Crippen molar-refractivity contribution in [1.82, 2.24) is 0 Å². The van der Waals surface area contributed by atoms with E-state index < -0.39 is 5.97 Å². The van der Waals surface area contributed by atoms with Gasteiger partial charge in [0.2, 0.25) is 5.75 Å². The highest BCUT2D eigenvalue weighted by molar-refractivity contribution is 5.91. The van der Waals surface area contributed by atoms with E-state index in [1.54, 1.807) is 19.2 Å². The summed E-state index contributed by atoms with van der Waals surface area (Å²) in [5.74, 6) is 1.42. The summed E-state index contributed by atoms with van der Waals surface area (Å²) in [6.45, 7) is 0.132. The van der Waals surface area contributed by atoms with Crippen LogP contribution in [0, 0.1) is 0 Å². The summed E-state index contributed by atoms with van der Waals surface area (Å²) in [4.78, 5) is 12.3. The van der Waals surface area contributed by atoms with Crippen molar-refractivity contribution in [3.63, 3.8) is 0 Å². The van der Waals surface area contributed by atoms with E-state index in [1.807, 2.05) is 24.3 Å². The van der Waals surface area contributed by atoms with Gasteiger partial charge in [-0.05, 0) is 29.8 Å². The van der Waals surface area contributed by atoms with Gasteiger partial charge in [-0.1, -0.05) is 12.1 Å². The first-order valence-corrected chi connectivity index (χ1v) is 7.23. The molecule has 0 spiro atoms. The highest BCUT2D eigenvalue weighted by Gasteiger charge is 2.18. The largest absolute Gasteiger partial charge is 0.497 e. The van der Waals surface area contributed by atoms with E-state index in [0.717, 1.165) is 5.56 Å². The van der Waals surface area contributed by atoms with Crippen LogP contribution < -0.4 is 18.9 Å². The molecule has 2 rings (SSSR count). The number of ether oxygens (including phenoxy) is 5. The summed E-state index contributed by atoms with van der Waals surface area (Å²) in [6.07, 6.45) is 0. The zero-order valence-electron chi connectivity index (χ0n) is 14.1. The Morgan fingerprint density at radius 3 is 2.08 bits per heavy atom. The van der Waals surface area contributed by atoms with Crippen LogP contribution >= 0.6 is 0 Å². The van der Waals surface area contributed by atoms with Crippen molar-refractivity contribution in [3.8, 4) is 23.0 Å². The van der Waals surface area contributed by atoms with Gasteiger partial charge >= 0.3 is 5.97 Å². The molecule has 2 aromatic carbocycles. The van der Waals surface area contributed by atoms with Gasteiger partial charge in [0.05, 0.1) is 34.0 Å². The van der Waals surface area contributed by atoms with Crippen molar-refractivity contribution in [3.05, 3.63) is 47.5 Å². The molecular formula is C18H20O6. The molecule has 0 aromatic heterocycles. The smallest absolute Gasteiger partial charge is 0.338 e. The summed E-state index contributed by atoms with van der Waals surface area (Å²) in [5, 5.41) is 0. The number of esters is 1. The minimum atomic E-state index is -0.489. The highest BCUT2D eigenvalue weighted by Crippen LogP contribution is 2.38. The Bertz CT molecular complexity index is 685. The molecule has 0 radical (unpaired) electrons. The molecule has 24 heavy (non-hydrogen) atoms. The van der Waals surface area contributed by atoms with Crippen LogP contribution in [-0.2, 0) is 11.3 Å². The lowest BCUT2D eigenvalue weighted by Gasteiger charge is -2.14. The average Bonchev–Trinajstić information content (AvgIpc) is 2.64. The summed E-state index contributed by atoms with van der Waals surface area (Å²) >= 11 is 0. The molecule has 0 unspecified atom stereocenters. The fourth-order valence-corrected chi connectivity index (χ4v) is 2.19. The molecule has 0 bridgehead atoms. The molecule has 0 saturated carbocycles. The maximum atomic E-state index is 12.3. The van der Waals surface area contributed by atoms with Gasteiger partial charge in [-0.3, -0.25) is 0 Å². The number of hydrogen-bond acceptors (Lipinski definition) is 6. The summed E-state index contributed by atoms with van der Waals surface area (Å²) < 4.78 is 26.2. The van der Waals surface area contributed by atoms with E-state index >= 15 is 0 Å². The number of carbonyl (C=O) groups excluding carboxylic acids is 1. The van der Waals surface area contributed by atoms with Gasteiger partial charge in [0.25, 0.3) is 0 Å². The first kappa shape index (κ1) is 17.5. The molecule has 0 aliphatic rings. The standard InChI is InChI=1S/C18H20O6/c1-20-14-7-5-6-12(8-14)11-24-18(19)13-9-15(21-2)17(23-4)16(10-13)22-3/h5-10H,11H2,1-4H3. The lowest BCUT2D eigenvalue weighted by Crippen LogP contribution is -2.07. The molecule has 128 valence electrons. The molecule has 2 aromatic rings. The molecular weight excluding hydrogens is 312 g/mol. The Kier molecular flexibility index (Phi) is 5.89. The molecule has 6 heteroatoms. The maximum absolute atomic E-state index is 12.3. The zero-order valence-corrected chi connectivity index (χ0v) is 14.1. The zero-order chi connectivity index (χ0) is 17.5. The minimum Gasteiger partial charge on any atom is -0.497 e. The van der Waals surface area contributed by atoms with E-state index in [2.05, 4.69) is 0 Å². The summed E-state index contributed by atoms with van der Waals surface area (Å²) in [7, 11) is 6.06. The lowest BCUT2D eigenvalue weighted by molar-refractivity contribution is 0.0471. The quantitative estimate of drug-likeness (QED) is 0.726. The number of carbonyl (C=O) groups is 1. The third kappa shape index (κ3) is 3.90. The highest BCUT2D eigenvalue weighted by atomic mass is 16.5. The fourth-order valence-electron chi connectivity index (χ4n) is 2.19. The Labute approximate surface area is 140 Å². The van der Waals surface area contributed by atoms with E-state index in [-0.39, 0.29) is 6.61 Å². The van der Waals surface area contributed by atoms with Gasteiger partial charge in [0, 0.05) is 0 Å². The van der Waals surface area contributed by atoms with Crippen LogP contribution in [0.2, 0.25) is 0 Å². The topological polar surface area (TPSA) is 63.2 Å². The Hall–Kier alpha value is -2.89. The normalized spacial score (nSPS) is 10.0. The van der Waals surface area contributed by atoms with Crippen molar-refractivity contribution < 1.29 is 28.5 Å². The van der Waals surface area contributed by atoms with Gasteiger partial charge in [0.15, 0.2) is 11.5 Å². The molecule has 0 N–H and O–H groups in total. The van der Waals surface area contributed by atoms with Crippen molar-refractivity contribution >= 4 is 5.97 Å². The number of hydrogen-bond donors (Lipinski definition) is 0. The monoisotopic (exact) mass is 332 g/mol. The molecule has 0 amide bonds. The Balaban J connectivity index is 2.17. The molecule has 0 fully saturated rings. The van der Waals surface area contributed by atoms with Crippen LogP contribution in [-0.4, -0.2) is 34.4 Å². The Morgan fingerprint density at radius 1 is 0.875 bits per heavy atom. The predicted molar refractivity (Wildman–Crippen MR) is 88.2 cm³/mol. The van der Waals surface area contributed by atoms with Crippen molar-refractivity contribution in [2.45, 2.75) is 6.61 Å². The number of methoxy groups -OCH3 is 4. The first-order chi connectivity index (χ1) is 11.6. The first-order valence-electron chi connectivity index (χ1n) is 7.23. The van der Waals surface area contributed by atoms with Crippen LogP contribution in [0.3, 0.4) is 0 Å². The van der Waals surface area contributed by atoms with Crippen LogP contribution in [0.15, 0.2) is 36.4 Å². The van der Waals surface area contributed by atoms with E-state index in [0.29, 0.717) is 28.6 Å². The molecule has 6 nitrogen and oxygen atoms in total. The molecule has 0 heterocycles. The third-order valence-electron chi connectivity index (χ3n) is 3.40. The van der Waals surface area contributed by atoms with Crippen LogP contribution in [0.4, 0.5) is 0 Å². The predicted octanol–water partition coefficient (Wildman–Crippen LogP) is 3.08. The second-order valence-corrected chi connectivity index (χ2v) is 4.84. The van der Waals surface area contributed by atoms with E-state index in [9.17, 15) is 4.79 Å². The van der Waals surface area contributed by atoms with Gasteiger partial charge < -0.3 is 23.7 Å². The van der Waals surface area contributed by atoms with Gasteiger partial charge in [-0.2, -0.15) is 0 Å². The molecule has 0 atom stereocenters. The molecule has 0 saturated heterocycles. The summed E-state index contributed by atoms with van der Waals surface area (Å²) in [6, 6.07) is 10.4. The van der Waals surface area contributed by atoms with Crippen LogP contribution in [0.1, 0.15) is 15.9 Å². The third-order valence-corrected chi connectivity index (χ3v) is 3.40. The maximum Gasteiger partial charge on any atom is 0.338 e. The molecule has 0 aliphatic heterocycles. The average molecular weight is 332 g/mol. The van der Waals surface area contributed by atoms with Crippen molar-refractivity contribution in [1.29, 1.82) is 0 Å². The fraction of sp³-hybridized carbons (Fsp3) is 0.278. The van der Waals surface area contributed by atoms with E-state index in [4.69, 9.17) is 23.7 Å². The van der Waals surface area contributed by atoms with Gasteiger partial charge in [-0.25, -0.2) is 4.79 Å². The minimum absolute atomic E-state index is 0.132. The van der Waals surface area contributed by atoms with Crippen molar-refractivity contribution in [2.75, 3.05) is 28.4 Å². The lowest BCUT2D eigenvalue weighted by atomic mass is 10.2.